The zero-order chi connectivity index (χ0) is 11.4. The Morgan fingerprint density at radius 3 is 2.21 bits per heavy atom. The van der Waals surface area contributed by atoms with Crippen LogP contribution in [0.1, 0.15) is 41.0 Å². The molecule has 0 aliphatic rings. The molecule has 0 aromatic rings. The van der Waals surface area contributed by atoms with Crippen LogP contribution in [-0.4, -0.2) is 18.2 Å². The number of Topliss-reactive ketones (excluding diaryl/α,β-unsaturated/α-hetero) is 1. The summed E-state index contributed by atoms with van der Waals surface area (Å²) in [6, 6.07) is -0.380. The van der Waals surface area contributed by atoms with E-state index in [1.807, 2.05) is 34.6 Å². The Bertz CT molecular complexity index is 206. The summed E-state index contributed by atoms with van der Waals surface area (Å²) >= 11 is 0. The van der Waals surface area contributed by atoms with E-state index in [1.54, 1.807) is 0 Å². The minimum absolute atomic E-state index is 0.00618. The van der Waals surface area contributed by atoms with Gasteiger partial charge in [-0.15, -0.1) is 0 Å². The van der Waals surface area contributed by atoms with Crippen molar-refractivity contribution < 1.29 is 9.59 Å². The average molecular weight is 199 g/mol. The van der Waals surface area contributed by atoms with Crippen LogP contribution < -0.4 is 5.32 Å². The summed E-state index contributed by atoms with van der Waals surface area (Å²) in [4.78, 5) is 22.3. The van der Waals surface area contributed by atoms with Crippen molar-refractivity contribution >= 4 is 12.2 Å². The van der Waals surface area contributed by atoms with Crippen molar-refractivity contribution in [1.82, 2.24) is 5.32 Å². The van der Waals surface area contributed by atoms with E-state index in [2.05, 4.69) is 5.32 Å². The number of hydrogen-bond donors (Lipinski definition) is 1. The van der Waals surface area contributed by atoms with Crippen molar-refractivity contribution in [3.63, 3.8) is 0 Å². The van der Waals surface area contributed by atoms with E-state index in [0.717, 1.165) is 6.42 Å². The Hall–Kier alpha value is -0.860. The van der Waals surface area contributed by atoms with E-state index in [4.69, 9.17) is 0 Å². The third kappa shape index (κ3) is 3.48. The van der Waals surface area contributed by atoms with E-state index in [-0.39, 0.29) is 23.2 Å². The van der Waals surface area contributed by atoms with Gasteiger partial charge < -0.3 is 5.32 Å². The minimum Gasteiger partial charge on any atom is -0.348 e. The van der Waals surface area contributed by atoms with Crippen LogP contribution in [0.5, 0.6) is 0 Å². The molecular formula is C11H21NO2. The van der Waals surface area contributed by atoms with Gasteiger partial charge in [0.15, 0.2) is 5.78 Å². The second kappa shape index (κ2) is 5.13. The second-order valence-corrected chi connectivity index (χ2v) is 4.80. The number of carbonyl (C=O) groups excluding carboxylic acids is 2. The summed E-state index contributed by atoms with van der Waals surface area (Å²) in [5, 5.41) is 2.61. The first kappa shape index (κ1) is 13.1. The quantitative estimate of drug-likeness (QED) is 0.686. The highest BCUT2D eigenvalue weighted by Gasteiger charge is 2.32. The summed E-state index contributed by atoms with van der Waals surface area (Å²) in [7, 11) is 0. The molecule has 0 saturated carbocycles. The van der Waals surface area contributed by atoms with Gasteiger partial charge in [-0.3, -0.25) is 9.59 Å². The van der Waals surface area contributed by atoms with Crippen molar-refractivity contribution in [1.29, 1.82) is 0 Å². The fourth-order valence-electron chi connectivity index (χ4n) is 1.31. The summed E-state index contributed by atoms with van der Waals surface area (Å²) in [6.07, 6.45) is 1.42. The second-order valence-electron chi connectivity index (χ2n) is 4.80. The molecule has 82 valence electrons. The maximum absolute atomic E-state index is 11.9. The number of nitrogens with one attached hydrogen (secondary N) is 1. The summed E-state index contributed by atoms with van der Waals surface area (Å²) in [5.41, 5.74) is -0.221. The molecule has 1 N–H and O–H groups in total. The standard InChI is InChI=1S/C11H21NO2/c1-6-8(2)9(14)10(12-7-13)11(3,4)5/h7-8,10H,6H2,1-5H3,(H,12,13)/t8?,10-/m0/s1. The highest BCUT2D eigenvalue weighted by Crippen LogP contribution is 2.22. The van der Waals surface area contributed by atoms with Crippen LogP contribution in [0, 0.1) is 11.3 Å². The van der Waals surface area contributed by atoms with Gasteiger partial charge in [0.05, 0.1) is 6.04 Å². The lowest BCUT2D eigenvalue weighted by atomic mass is 9.80. The molecule has 0 aliphatic heterocycles. The first-order chi connectivity index (χ1) is 6.34. The molecule has 0 aliphatic carbocycles. The molecule has 3 nitrogen and oxygen atoms in total. The predicted octanol–water partition coefficient (Wildman–Crippen LogP) is 1.76. The van der Waals surface area contributed by atoms with Gasteiger partial charge in [-0.25, -0.2) is 0 Å². The number of carbonyl (C=O) groups is 2. The first-order valence-electron chi connectivity index (χ1n) is 5.08. The molecule has 0 rings (SSSR count). The molecule has 0 aromatic heterocycles. The van der Waals surface area contributed by atoms with Gasteiger partial charge in [0.25, 0.3) is 0 Å². The molecule has 1 amide bonds. The Balaban J connectivity index is 4.65. The summed E-state index contributed by atoms with van der Waals surface area (Å²) in [5.74, 6) is 0.124. The van der Waals surface area contributed by atoms with Gasteiger partial charge in [-0.2, -0.15) is 0 Å². The van der Waals surface area contributed by atoms with Crippen LogP contribution in [0.4, 0.5) is 0 Å². The van der Waals surface area contributed by atoms with Crippen LogP contribution >= 0.6 is 0 Å². The predicted molar refractivity (Wildman–Crippen MR) is 56.9 cm³/mol. The Morgan fingerprint density at radius 1 is 1.43 bits per heavy atom. The number of rotatable bonds is 5. The lowest BCUT2D eigenvalue weighted by molar-refractivity contribution is -0.129. The molecule has 0 saturated heterocycles. The highest BCUT2D eigenvalue weighted by molar-refractivity contribution is 5.88. The van der Waals surface area contributed by atoms with Crippen molar-refractivity contribution in [2.75, 3.05) is 0 Å². The zero-order valence-electron chi connectivity index (χ0n) is 9.76. The van der Waals surface area contributed by atoms with Crippen LogP contribution in [0.2, 0.25) is 0 Å². The maximum atomic E-state index is 11.9. The molecule has 0 aromatic carbocycles. The van der Waals surface area contributed by atoms with Gasteiger partial charge in [0.1, 0.15) is 0 Å². The van der Waals surface area contributed by atoms with E-state index < -0.39 is 0 Å². The zero-order valence-corrected chi connectivity index (χ0v) is 9.76. The Kier molecular flexibility index (Phi) is 4.81. The SMILES string of the molecule is CCC(C)C(=O)[C@H](NC=O)C(C)(C)C. The largest absolute Gasteiger partial charge is 0.348 e. The van der Waals surface area contributed by atoms with E-state index in [9.17, 15) is 9.59 Å². The van der Waals surface area contributed by atoms with Crippen molar-refractivity contribution in [2.45, 2.75) is 47.1 Å². The molecule has 0 spiro atoms. The Labute approximate surface area is 86.3 Å². The third-order valence-electron chi connectivity index (χ3n) is 2.48. The van der Waals surface area contributed by atoms with Crippen molar-refractivity contribution in [2.24, 2.45) is 11.3 Å². The van der Waals surface area contributed by atoms with Gasteiger partial charge in [-0.05, 0) is 11.8 Å². The lowest BCUT2D eigenvalue weighted by Crippen LogP contribution is -2.47. The molecule has 2 atom stereocenters. The van der Waals surface area contributed by atoms with Gasteiger partial charge in [0, 0.05) is 5.92 Å². The smallest absolute Gasteiger partial charge is 0.207 e. The average Bonchev–Trinajstić information content (AvgIpc) is 2.09. The molecule has 0 radical (unpaired) electrons. The van der Waals surface area contributed by atoms with Crippen molar-refractivity contribution in [3.8, 4) is 0 Å². The summed E-state index contributed by atoms with van der Waals surface area (Å²) in [6.45, 7) is 9.73. The molecule has 0 heterocycles. The van der Waals surface area contributed by atoms with E-state index >= 15 is 0 Å². The minimum atomic E-state index is -0.380. The number of amides is 1. The topological polar surface area (TPSA) is 46.2 Å². The molecule has 3 heteroatoms. The van der Waals surface area contributed by atoms with Crippen LogP contribution in [0.3, 0.4) is 0 Å². The normalized spacial score (nSPS) is 15.8. The van der Waals surface area contributed by atoms with Crippen LogP contribution in [0.25, 0.3) is 0 Å². The number of hydrogen-bond acceptors (Lipinski definition) is 2. The molecule has 1 unspecified atom stereocenters. The molecule has 0 bridgehead atoms. The van der Waals surface area contributed by atoms with Crippen LogP contribution in [0.15, 0.2) is 0 Å². The van der Waals surface area contributed by atoms with E-state index in [0.29, 0.717) is 6.41 Å². The van der Waals surface area contributed by atoms with Gasteiger partial charge >= 0.3 is 0 Å². The fourth-order valence-corrected chi connectivity index (χ4v) is 1.31. The van der Waals surface area contributed by atoms with Gasteiger partial charge in [-0.1, -0.05) is 34.6 Å². The van der Waals surface area contributed by atoms with E-state index in [1.165, 1.54) is 0 Å². The number of ketones is 1. The van der Waals surface area contributed by atoms with Gasteiger partial charge in [0.2, 0.25) is 6.41 Å². The summed E-state index contributed by atoms with van der Waals surface area (Å²) < 4.78 is 0. The molecule has 0 fully saturated rings. The molecular weight excluding hydrogens is 178 g/mol. The monoisotopic (exact) mass is 199 g/mol. The Morgan fingerprint density at radius 2 is 1.93 bits per heavy atom. The van der Waals surface area contributed by atoms with Crippen molar-refractivity contribution in [3.05, 3.63) is 0 Å². The first-order valence-corrected chi connectivity index (χ1v) is 5.08. The highest BCUT2D eigenvalue weighted by atomic mass is 16.1. The fraction of sp³-hybridized carbons (Fsp3) is 0.818. The maximum Gasteiger partial charge on any atom is 0.207 e. The lowest BCUT2D eigenvalue weighted by Gasteiger charge is -2.30. The molecule has 14 heavy (non-hydrogen) atoms. The third-order valence-corrected chi connectivity index (χ3v) is 2.48. The van der Waals surface area contributed by atoms with Crippen LogP contribution in [-0.2, 0) is 9.59 Å².